The molecule has 0 amide bonds. The minimum absolute atomic E-state index is 0.343. The third kappa shape index (κ3) is 3.74. The lowest BCUT2D eigenvalue weighted by molar-refractivity contribution is 0.0260. The molecule has 1 aliphatic carbocycles. The number of rotatable bonds is 5. The normalized spacial score (nSPS) is 24.4. The maximum Gasteiger partial charge on any atom is 0.0756 e. The van der Waals surface area contributed by atoms with Crippen LogP contribution in [0.2, 0.25) is 0 Å². The molecule has 15 heavy (non-hydrogen) atoms. The van der Waals surface area contributed by atoms with Crippen LogP contribution >= 0.6 is 0 Å². The van der Waals surface area contributed by atoms with Gasteiger partial charge in [0, 0.05) is 18.6 Å². The van der Waals surface area contributed by atoms with E-state index in [4.69, 9.17) is 5.73 Å². The average Bonchev–Trinajstić information content (AvgIpc) is 2.68. The van der Waals surface area contributed by atoms with Gasteiger partial charge in [-0.2, -0.15) is 0 Å². The topological polar surface area (TPSA) is 49.5 Å². The summed E-state index contributed by atoms with van der Waals surface area (Å²) in [6.45, 7) is 4.35. The second kappa shape index (κ2) is 5.28. The Hall–Kier alpha value is -0.120. The molecule has 2 atom stereocenters. The molecule has 90 valence electrons. The Kier molecular flexibility index (Phi) is 4.56. The largest absolute Gasteiger partial charge is 0.389 e. The predicted octanol–water partition coefficient (Wildman–Crippen LogP) is 1.35. The molecule has 1 aliphatic rings. The lowest BCUT2D eigenvalue weighted by Gasteiger charge is -2.34. The van der Waals surface area contributed by atoms with Crippen LogP contribution in [0.3, 0.4) is 0 Å². The Labute approximate surface area is 93.6 Å². The number of nitrogens with zero attached hydrogens (tertiary/aromatic N) is 1. The van der Waals surface area contributed by atoms with Crippen LogP contribution < -0.4 is 5.73 Å². The quantitative estimate of drug-likeness (QED) is 0.726. The summed E-state index contributed by atoms with van der Waals surface area (Å²) in [7, 11) is 2.17. The first-order chi connectivity index (χ1) is 6.96. The summed E-state index contributed by atoms with van der Waals surface area (Å²) in [5.41, 5.74) is 4.82. The van der Waals surface area contributed by atoms with Crippen LogP contribution in [0, 0.1) is 0 Å². The van der Waals surface area contributed by atoms with Crippen LogP contribution in [0.15, 0.2) is 0 Å². The van der Waals surface area contributed by atoms with Gasteiger partial charge in [0.15, 0.2) is 0 Å². The van der Waals surface area contributed by atoms with E-state index in [-0.39, 0.29) is 0 Å². The molecule has 0 radical (unpaired) electrons. The van der Waals surface area contributed by atoms with E-state index in [1.165, 1.54) is 25.7 Å². The first-order valence-electron chi connectivity index (χ1n) is 6.10. The molecule has 0 bridgehead atoms. The van der Waals surface area contributed by atoms with Crippen LogP contribution in [0.5, 0.6) is 0 Å². The summed E-state index contributed by atoms with van der Waals surface area (Å²) in [5, 5.41) is 9.93. The highest BCUT2D eigenvalue weighted by molar-refractivity contribution is 4.84. The van der Waals surface area contributed by atoms with Crippen molar-refractivity contribution in [3.63, 3.8) is 0 Å². The van der Waals surface area contributed by atoms with Crippen LogP contribution in [0.25, 0.3) is 0 Å². The van der Waals surface area contributed by atoms with Crippen molar-refractivity contribution in [1.29, 1.82) is 0 Å². The molecule has 2 unspecified atom stereocenters. The van der Waals surface area contributed by atoms with Gasteiger partial charge >= 0.3 is 0 Å². The second-order valence-electron chi connectivity index (χ2n) is 5.36. The van der Waals surface area contributed by atoms with E-state index in [2.05, 4.69) is 18.9 Å². The Morgan fingerprint density at radius 1 is 1.47 bits per heavy atom. The van der Waals surface area contributed by atoms with Gasteiger partial charge in [-0.05, 0) is 40.2 Å². The van der Waals surface area contributed by atoms with Gasteiger partial charge in [-0.1, -0.05) is 12.8 Å². The van der Waals surface area contributed by atoms with Crippen molar-refractivity contribution in [1.82, 2.24) is 4.90 Å². The summed E-state index contributed by atoms with van der Waals surface area (Å²) in [6.07, 6.45) is 6.09. The molecule has 1 saturated carbocycles. The van der Waals surface area contributed by atoms with Gasteiger partial charge in [-0.25, -0.2) is 0 Å². The monoisotopic (exact) mass is 214 g/mol. The Balaban J connectivity index is 2.41. The molecule has 0 heterocycles. The molecular weight excluding hydrogens is 188 g/mol. The van der Waals surface area contributed by atoms with Crippen LogP contribution in [-0.2, 0) is 0 Å². The van der Waals surface area contributed by atoms with E-state index in [1.54, 1.807) is 0 Å². The third-order valence-electron chi connectivity index (χ3n) is 3.77. The number of nitrogens with two attached hydrogens (primary N) is 1. The van der Waals surface area contributed by atoms with Gasteiger partial charge in [0.2, 0.25) is 0 Å². The molecule has 0 saturated heterocycles. The van der Waals surface area contributed by atoms with Gasteiger partial charge in [-0.15, -0.1) is 0 Å². The van der Waals surface area contributed by atoms with Gasteiger partial charge in [0.25, 0.3) is 0 Å². The van der Waals surface area contributed by atoms with Gasteiger partial charge < -0.3 is 15.7 Å². The number of hydrogen-bond acceptors (Lipinski definition) is 3. The Morgan fingerprint density at radius 3 is 2.47 bits per heavy atom. The lowest BCUT2D eigenvalue weighted by Crippen LogP contribution is -2.44. The third-order valence-corrected chi connectivity index (χ3v) is 3.77. The average molecular weight is 214 g/mol. The van der Waals surface area contributed by atoms with Crippen molar-refractivity contribution in [2.45, 2.75) is 63.6 Å². The van der Waals surface area contributed by atoms with E-state index in [1.807, 2.05) is 6.92 Å². The highest BCUT2D eigenvalue weighted by Gasteiger charge is 2.28. The molecule has 1 fully saturated rings. The fourth-order valence-electron chi connectivity index (χ4n) is 2.54. The number of aliphatic hydroxyl groups is 1. The fourth-order valence-corrected chi connectivity index (χ4v) is 2.54. The van der Waals surface area contributed by atoms with Crippen molar-refractivity contribution in [2.24, 2.45) is 5.73 Å². The van der Waals surface area contributed by atoms with E-state index < -0.39 is 5.60 Å². The molecule has 1 rings (SSSR count). The zero-order valence-corrected chi connectivity index (χ0v) is 10.4. The minimum atomic E-state index is -0.716. The van der Waals surface area contributed by atoms with Crippen molar-refractivity contribution in [3.05, 3.63) is 0 Å². The lowest BCUT2D eigenvalue weighted by atomic mass is 9.96. The van der Waals surface area contributed by atoms with E-state index >= 15 is 0 Å². The van der Waals surface area contributed by atoms with Crippen LogP contribution in [-0.4, -0.2) is 41.3 Å². The maximum atomic E-state index is 9.93. The smallest absolute Gasteiger partial charge is 0.0756 e. The van der Waals surface area contributed by atoms with E-state index in [9.17, 15) is 5.11 Å². The van der Waals surface area contributed by atoms with Gasteiger partial charge in [0.1, 0.15) is 0 Å². The molecule has 0 aromatic carbocycles. The summed E-state index contributed by atoms with van der Waals surface area (Å²) in [6, 6.07) is 1.13. The van der Waals surface area contributed by atoms with Crippen molar-refractivity contribution >= 4 is 0 Å². The SMILES string of the molecule is CC(CC(C)(O)CN)N(C)C1CCCC1. The molecule has 0 spiro atoms. The molecule has 0 aromatic heterocycles. The maximum absolute atomic E-state index is 9.93. The van der Waals surface area contributed by atoms with Crippen LogP contribution in [0.4, 0.5) is 0 Å². The van der Waals surface area contributed by atoms with Crippen molar-refractivity contribution in [3.8, 4) is 0 Å². The first-order valence-corrected chi connectivity index (χ1v) is 6.10. The summed E-state index contributed by atoms with van der Waals surface area (Å²) >= 11 is 0. The predicted molar refractivity (Wildman–Crippen MR) is 63.8 cm³/mol. The highest BCUT2D eigenvalue weighted by Crippen LogP contribution is 2.26. The zero-order chi connectivity index (χ0) is 11.5. The van der Waals surface area contributed by atoms with Crippen LogP contribution in [0.1, 0.15) is 46.0 Å². The summed E-state index contributed by atoms with van der Waals surface area (Å²) < 4.78 is 0. The van der Waals surface area contributed by atoms with Gasteiger partial charge in [-0.3, -0.25) is 0 Å². The molecule has 3 heteroatoms. The van der Waals surface area contributed by atoms with E-state index in [0.717, 1.165) is 6.42 Å². The second-order valence-corrected chi connectivity index (χ2v) is 5.36. The fraction of sp³-hybridized carbons (Fsp3) is 1.00. The molecule has 0 aromatic rings. The Bertz CT molecular complexity index is 188. The van der Waals surface area contributed by atoms with Crippen molar-refractivity contribution < 1.29 is 5.11 Å². The Morgan fingerprint density at radius 2 is 2.00 bits per heavy atom. The molecule has 0 aliphatic heterocycles. The molecule has 3 N–H and O–H groups in total. The highest BCUT2D eigenvalue weighted by atomic mass is 16.3. The molecular formula is C12H26N2O. The summed E-state index contributed by atoms with van der Waals surface area (Å²) in [5.74, 6) is 0. The van der Waals surface area contributed by atoms with Crippen molar-refractivity contribution in [2.75, 3.05) is 13.6 Å². The van der Waals surface area contributed by atoms with Gasteiger partial charge in [0.05, 0.1) is 5.60 Å². The summed E-state index contributed by atoms with van der Waals surface area (Å²) in [4.78, 5) is 2.41. The number of hydrogen-bond donors (Lipinski definition) is 2. The van der Waals surface area contributed by atoms with E-state index in [0.29, 0.717) is 18.6 Å². The zero-order valence-electron chi connectivity index (χ0n) is 10.4. The first kappa shape index (κ1) is 12.9. The molecule has 3 nitrogen and oxygen atoms in total. The standard InChI is InChI=1S/C12H26N2O/c1-10(8-12(2,15)9-13)14(3)11-6-4-5-7-11/h10-11,15H,4-9,13H2,1-3H3. The minimum Gasteiger partial charge on any atom is -0.389 e.